The van der Waals surface area contributed by atoms with Crippen LogP contribution in [0.1, 0.15) is 20.7 Å². The van der Waals surface area contributed by atoms with Gasteiger partial charge in [0.25, 0.3) is 5.91 Å². The largest absolute Gasteiger partial charge is 0.465 e. The Hall–Kier alpha value is -1.66. The molecule has 0 atom stereocenters. The fraction of sp³-hybridized carbons (Fsp3) is 0.0667. The third-order valence-electron chi connectivity index (χ3n) is 2.74. The molecule has 21 heavy (non-hydrogen) atoms. The van der Waals surface area contributed by atoms with Gasteiger partial charge in [-0.3, -0.25) is 4.79 Å². The average molecular weight is 413 g/mol. The lowest BCUT2D eigenvalue weighted by molar-refractivity contribution is 0.0600. The molecule has 0 spiro atoms. The second-order valence-corrected chi connectivity index (χ2v) is 5.92. The highest BCUT2D eigenvalue weighted by atomic mass is 79.9. The van der Waals surface area contributed by atoms with E-state index in [1.807, 2.05) is 0 Å². The number of benzene rings is 2. The molecule has 0 saturated heterocycles. The minimum absolute atomic E-state index is 0.236. The van der Waals surface area contributed by atoms with Crippen LogP contribution in [0.15, 0.2) is 51.4 Å². The summed E-state index contributed by atoms with van der Waals surface area (Å²) in [6, 6.07) is 11.8. The molecule has 2 aromatic carbocycles. The van der Waals surface area contributed by atoms with Crippen molar-refractivity contribution in [1.82, 2.24) is 0 Å². The predicted octanol–water partition coefficient (Wildman–Crippen LogP) is 4.25. The van der Waals surface area contributed by atoms with Crippen molar-refractivity contribution in [2.24, 2.45) is 0 Å². The molecule has 2 aromatic rings. The number of amides is 1. The maximum absolute atomic E-state index is 12.2. The molecule has 0 aromatic heterocycles. The van der Waals surface area contributed by atoms with Crippen molar-refractivity contribution < 1.29 is 14.3 Å². The number of esters is 1. The minimum Gasteiger partial charge on any atom is -0.465 e. The van der Waals surface area contributed by atoms with Gasteiger partial charge in [0, 0.05) is 14.6 Å². The fourth-order valence-corrected chi connectivity index (χ4v) is 2.91. The average Bonchev–Trinajstić information content (AvgIpc) is 2.47. The van der Waals surface area contributed by atoms with E-state index in [1.165, 1.54) is 7.11 Å². The van der Waals surface area contributed by atoms with Crippen molar-refractivity contribution in [2.75, 3.05) is 12.4 Å². The van der Waals surface area contributed by atoms with Gasteiger partial charge in [-0.15, -0.1) is 0 Å². The van der Waals surface area contributed by atoms with Gasteiger partial charge in [-0.1, -0.05) is 15.9 Å². The van der Waals surface area contributed by atoms with E-state index < -0.39 is 5.97 Å². The molecule has 0 unspecified atom stereocenters. The smallest absolute Gasteiger partial charge is 0.337 e. The van der Waals surface area contributed by atoms with Gasteiger partial charge in [-0.25, -0.2) is 4.79 Å². The van der Waals surface area contributed by atoms with E-state index in [2.05, 4.69) is 41.9 Å². The molecule has 0 aliphatic carbocycles. The van der Waals surface area contributed by atoms with E-state index in [-0.39, 0.29) is 5.91 Å². The number of anilines is 1. The first-order chi connectivity index (χ1) is 10.0. The summed E-state index contributed by atoms with van der Waals surface area (Å²) < 4.78 is 6.19. The van der Waals surface area contributed by atoms with Crippen molar-refractivity contribution in [3.05, 3.63) is 62.5 Å². The van der Waals surface area contributed by atoms with Gasteiger partial charge >= 0.3 is 5.97 Å². The summed E-state index contributed by atoms with van der Waals surface area (Å²) in [6.45, 7) is 0. The van der Waals surface area contributed by atoms with Crippen LogP contribution < -0.4 is 5.32 Å². The zero-order valence-corrected chi connectivity index (χ0v) is 14.2. The Kier molecular flexibility index (Phi) is 5.14. The van der Waals surface area contributed by atoms with Crippen LogP contribution in [0.2, 0.25) is 0 Å². The van der Waals surface area contributed by atoms with Crippen LogP contribution in [0.25, 0.3) is 0 Å². The van der Waals surface area contributed by atoms with Gasteiger partial charge in [0.1, 0.15) is 0 Å². The van der Waals surface area contributed by atoms with Crippen LogP contribution in [0.3, 0.4) is 0 Å². The second kappa shape index (κ2) is 6.87. The molecule has 6 heteroatoms. The van der Waals surface area contributed by atoms with Crippen molar-refractivity contribution in [3.8, 4) is 0 Å². The van der Waals surface area contributed by atoms with Gasteiger partial charge in [-0.2, -0.15) is 0 Å². The number of halogens is 2. The molecular weight excluding hydrogens is 402 g/mol. The van der Waals surface area contributed by atoms with E-state index in [9.17, 15) is 9.59 Å². The van der Waals surface area contributed by atoms with Gasteiger partial charge in [0.2, 0.25) is 0 Å². The molecule has 0 heterocycles. The maximum atomic E-state index is 12.2. The molecular formula is C15H11Br2NO3. The lowest BCUT2D eigenvalue weighted by Gasteiger charge is -2.08. The van der Waals surface area contributed by atoms with Crippen LogP contribution in [-0.2, 0) is 4.74 Å². The number of rotatable bonds is 3. The molecule has 0 fully saturated rings. The van der Waals surface area contributed by atoms with Crippen LogP contribution in [0.4, 0.5) is 5.69 Å². The number of ether oxygens (including phenoxy) is 1. The Morgan fingerprint density at radius 2 is 1.71 bits per heavy atom. The standard InChI is InChI=1S/C15H11Br2NO3/c1-21-15(20)9-2-5-11(6-3-9)18-14(19)12-7-4-10(16)8-13(12)17/h2-8H,1H3,(H,18,19). The first-order valence-electron chi connectivity index (χ1n) is 5.96. The van der Waals surface area contributed by atoms with E-state index in [1.54, 1.807) is 42.5 Å². The highest BCUT2D eigenvalue weighted by Crippen LogP contribution is 2.23. The van der Waals surface area contributed by atoms with Crippen molar-refractivity contribution in [1.29, 1.82) is 0 Å². The maximum Gasteiger partial charge on any atom is 0.337 e. The number of methoxy groups -OCH3 is 1. The Morgan fingerprint density at radius 3 is 2.29 bits per heavy atom. The Labute approximate surface area is 138 Å². The summed E-state index contributed by atoms with van der Waals surface area (Å²) in [4.78, 5) is 23.5. The molecule has 1 amide bonds. The summed E-state index contributed by atoms with van der Waals surface area (Å²) in [5.41, 5.74) is 1.55. The third-order valence-corrected chi connectivity index (χ3v) is 3.89. The van der Waals surface area contributed by atoms with Crippen molar-refractivity contribution in [2.45, 2.75) is 0 Å². The summed E-state index contributed by atoms with van der Waals surface area (Å²) >= 11 is 6.68. The van der Waals surface area contributed by atoms with Crippen LogP contribution in [0, 0.1) is 0 Å². The zero-order chi connectivity index (χ0) is 15.4. The van der Waals surface area contributed by atoms with Crippen molar-refractivity contribution in [3.63, 3.8) is 0 Å². The number of carbonyl (C=O) groups excluding carboxylic acids is 2. The van der Waals surface area contributed by atoms with E-state index in [0.29, 0.717) is 21.3 Å². The SMILES string of the molecule is COC(=O)c1ccc(NC(=O)c2ccc(Br)cc2Br)cc1. The molecule has 0 bridgehead atoms. The molecule has 2 rings (SSSR count). The number of carbonyl (C=O) groups is 2. The number of nitrogens with one attached hydrogen (secondary N) is 1. The topological polar surface area (TPSA) is 55.4 Å². The van der Waals surface area contributed by atoms with Crippen molar-refractivity contribution >= 4 is 49.4 Å². The lowest BCUT2D eigenvalue weighted by atomic mass is 10.2. The molecule has 0 radical (unpaired) electrons. The molecule has 4 nitrogen and oxygen atoms in total. The van der Waals surface area contributed by atoms with Gasteiger partial charge in [0.15, 0.2) is 0 Å². The summed E-state index contributed by atoms with van der Waals surface area (Å²) in [5, 5.41) is 2.77. The lowest BCUT2D eigenvalue weighted by Crippen LogP contribution is -2.12. The quantitative estimate of drug-likeness (QED) is 0.766. The van der Waals surface area contributed by atoms with Crippen LogP contribution in [-0.4, -0.2) is 19.0 Å². The molecule has 108 valence electrons. The Bertz CT molecular complexity index is 684. The van der Waals surface area contributed by atoms with E-state index in [4.69, 9.17) is 0 Å². The van der Waals surface area contributed by atoms with Gasteiger partial charge in [0.05, 0.1) is 18.2 Å². The number of hydrogen-bond donors (Lipinski definition) is 1. The van der Waals surface area contributed by atoms with Crippen LogP contribution in [0.5, 0.6) is 0 Å². The summed E-state index contributed by atoms with van der Waals surface area (Å²) in [6.07, 6.45) is 0. The monoisotopic (exact) mass is 411 g/mol. The molecule has 0 aliphatic rings. The Balaban J connectivity index is 2.14. The van der Waals surface area contributed by atoms with E-state index in [0.717, 1.165) is 4.47 Å². The Morgan fingerprint density at radius 1 is 1.05 bits per heavy atom. The minimum atomic E-state index is -0.413. The highest BCUT2D eigenvalue weighted by molar-refractivity contribution is 9.11. The summed E-state index contributed by atoms with van der Waals surface area (Å²) in [7, 11) is 1.32. The zero-order valence-electron chi connectivity index (χ0n) is 11.0. The second-order valence-electron chi connectivity index (χ2n) is 4.15. The molecule has 0 saturated carbocycles. The number of hydrogen-bond acceptors (Lipinski definition) is 3. The fourth-order valence-electron chi connectivity index (χ4n) is 1.68. The molecule has 1 N–H and O–H groups in total. The first kappa shape index (κ1) is 15.7. The third kappa shape index (κ3) is 3.92. The molecule has 0 aliphatic heterocycles. The van der Waals surface area contributed by atoms with E-state index >= 15 is 0 Å². The normalized spacial score (nSPS) is 10.0. The predicted molar refractivity (Wildman–Crippen MR) is 87.6 cm³/mol. The summed E-state index contributed by atoms with van der Waals surface area (Å²) in [5.74, 6) is -0.649. The van der Waals surface area contributed by atoms with Gasteiger partial charge < -0.3 is 10.1 Å². The van der Waals surface area contributed by atoms with Crippen LogP contribution >= 0.6 is 31.9 Å². The highest BCUT2D eigenvalue weighted by Gasteiger charge is 2.11. The first-order valence-corrected chi connectivity index (χ1v) is 7.54. The van der Waals surface area contributed by atoms with Gasteiger partial charge in [-0.05, 0) is 58.4 Å².